The van der Waals surface area contributed by atoms with Gasteiger partial charge in [-0.25, -0.2) is 4.79 Å². The third kappa shape index (κ3) is 3.17. The van der Waals surface area contributed by atoms with E-state index in [4.69, 9.17) is 15.6 Å². The molecule has 1 amide bonds. The molecule has 6 nitrogen and oxygen atoms in total. The SMILES string of the molecule is CCCC(C)(N)C(=O)N1CCOCC1C(=O)O. The van der Waals surface area contributed by atoms with Crippen LogP contribution in [0.4, 0.5) is 0 Å². The van der Waals surface area contributed by atoms with Gasteiger partial charge in [0.15, 0.2) is 6.04 Å². The first kappa shape index (κ1) is 13.9. The van der Waals surface area contributed by atoms with Gasteiger partial charge in [0, 0.05) is 6.54 Å². The van der Waals surface area contributed by atoms with Gasteiger partial charge in [-0.15, -0.1) is 0 Å². The minimum Gasteiger partial charge on any atom is -0.480 e. The van der Waals surface area contributed by atoms with Crippen LogP contribution in [0.5, 0.6) is 0 Å². The van der Waals surface area contributed by atoms with E-state index in [9.17, 15) is 9.59 Å². The molecule has 3 N–H and O–H groups in total. The minimum atomic E-state index is -1.05. The highest BCUT2D eigenvalue weighted by atomic mass is 16.5. The molecule has 2 unspecified atom stereocenters. The molecule has 0 aromatic carbocycles. The van der Waals surface area contributed by atoms with E-state index < -0.39 is 17.6 Å². The maximum absolute atomic E-state index is 12.2. The molecule has 1 rings (SSSR count). The highest BCUT2D eigenvalue weighted by Gasteiger charge is 2.39. The first-order valence-electron chi connectivity index (χ1n) is 5.80. The Kier molecular flexibility index (Phi) is 4.47. The number of carbonyl (C=O) groups is 2. The van der Waals surface area contributed by atoms with E-state index in [1.54, 1.807) is 6.92 Å². The quantitative estimate of drug-likeness (QED) is 0.715. The van der Waals surface area contributed by atoms with Gasteiger partial charge in [-0.2, -0.15) is 0 Å². The zero-order chi connectivity index (χ0) is 13.1. The predicted octanol–water partition coefficient (Wildman–Crippen LogP) is -0.184. The van der Waals surface area contributed by atoms with E-state index in [1.807, 2.05) is 6.92 Å². The summed E-state index contributed by atoms with van der Waals surface area (Å²) in [6.45, 7) is 4.26. The zero-order valence-corrected chi connectivity index (χ0v) is 10.3. The molecule has 0 aromatic rings. The van der Waals surface area contributed by atoms with Gasteiger partial charge in [-0.05, 0) is 13.3 Å². The molecule has 6 heteroatoms. The average Bonchev–Trinajstić information content (AvgIpc) is 2.28. The number of nitrogens with zero attached hydrogens (tertiary/aromatic N) is 1. The number of ether oxygens (including phenoxy) is 1. The predicted molar refractivity (Wildman–Crippen MR) is 61.5 cm³/mol. The van der Waals surface area contributed by atoms with Gasteiger partial charge in [0.2, 0.25) is 5.91 Å². The number of rotatable bonds is 4. The van der Waals surface area contributed by atoms with Gasteiger partial charge in [-0.1, -0.05) is 13.3 Å². The van der Waals surface area contributed by atoms with Crippen LogP contribution >= 0.6 is 0 Å². The number of nitrogens with two attached hydrogens (primary N) is 1. The highest BCUT2D eigenvalue weighted by molar-refractivity contribution is 5.89. The molecule has 1 fully saturated rings. The number of hydrogen-bond acceptors (Lipinski definition) is 4. The average molecular weight is 244 g/mol. The van der Waals surface area contributed by atoms with Crippen LogP contribution in [0.2, 0.25) is 0 Å². The first-order chi connectivity index (χ1) is 7.90. The maximum atomic E-state index is 12.2. The molecule has 1 aliphatic heterocycles. The van der Waals surface area contributed by atoms with E-state index in [0.29, 0.717) is 13.0 Å². The largest absolute Gasteiger partial charge is 0.480 e. The van der Waals surface area contributed by atoms with Crippen molar-refractivity contribution in [2.24, 2.45) is 5.73 Å². The van der Waals surface area contributed by atoms with Gasteiger partial charge < -0.3 is 20.5 Å². The molecular weight excluding hydrogens is 224 g/mol. The van der Waals surface area contributed by atoms with Gasteiger partial charge in [0.1, 0.15) is 0 Å². The van der Waals surface area contributed by atoms with Crippen molar-refractivity contribution in [2.45, 2.75) is 38.3 Å². The lowest BCUT2D eigenvalue weighted by Gasteiger charge is -2.37. The van der Waals surface area contributed by atoms with Crippen LogP contribution in [-0.2, 0) is 14.3 Å². The molecule has 0 radical (unpaired) electrons. The third-order valence-electron chi connectivity index (χ3n) is 2.93. The van der Waals surface area contributed by atoms with Crippen molar-refractivity contribution in [3.63, 3.8) is 0 Å². The van der Waals surface area contributed by atoms with E-state index in [2.05, 4.69) is 0 Å². The molecule has 17 heavy (non-hydrogen) atoms. The van der Waals surface area contributed by atoms with Gasteiger partial charge in [-0.3, -0.25) is 4.79 Å². The molecule has 0 bridgehead atoms. The van der Waals surface area contributed by atoms with Crippen molar-refractivity contribution < 1.29 is 19.4 Å². The summed E-state index contributed by atoms with van der Waals surface area (Å²) in [6, 6.07) is -0.920. The third-order valence-corrected chi connectivity index (χ3v) is 2.93. The summed E-state index contributed by atoms with van der Waals surface area (Å²) in [7, 11) is 0. The Bertz CT molecular complexity index is 304. The minimum absolute atomic E-state index is 0.0310. The molecular formula is C11H20N2O4. The Morgan fingerprint density at radius 2 is 2.24 bits per heavy atom. The van der Waals surface area contributed by atoms with Crippen molar-refractivity contribution in [3.8, 4) is 0 Å². The van der Waals surface area contributed by atoms with Crippen LogP contribution in [0.1, 0.15) is 26.7 Å². The van der Waals surface area contributed by atoms with Crippen LogP contribution < -0.4 is 5.73 Å². The highest BCUT2D eigenvalue weighted by Crippen LogP contribution is 2.17. The second-order valence-corrected chi connectivity index (χ2v) is 4.59. The van der Waals surface area contributed by atoms with Gasteiger partial charge >= 0.3 is 5.97 Å². The first-order valence-corrected chi connectivity index (χ1v) is 5.80. The Hall–Kier alpha value is -1.14. The summed E-state index contributed by atoms with van der Waals surface area (Å²) < 4.78 is 5.08. The fraction of sp³-hybridized carbons (Fsp3) is 0.818. The van der Waals surface area contributed by atoms with Gasteiger partial charge in [0.05, 0.1) is 18.8 Å². The van der Waals surface area contributed by atoms with Crippen molar-refractivity contribution in [2.75, 3.05) is 19.8 Å². The van der Waals surface area contributed by atoms with Crippen LogP contribution in [-0.4, -0.2) is 53.2 Å². The lowest BCUT2D eigenvalue weighted by Crippen LogP contribution is -2.61. The Morgan fingerprint density at radius 3 is 2.76 bits per heavy atom. The number of hydrogen-bond donors (Lipinski definition) is 2. The van der Waals surface area contributed by atoms with Crippen LogP contribution in [0.25, 0.3) is 0 Å². The molecule has 0 aliphatic carbocycles. The number of morpholine rings is 1. The number of aliphatic carboxylic acids is 1. The Balaban J connectivity index is 2.81. The fourth-order valence-corrected chi connectivity index (χ4v) is 2.01. The number of carboxylic acids is 1. The van der Waals surface area contributed by atoms with Crippen molar-refractivity contribution in [1.82, 2.24) is 4.90 Å². The lowest BCUT2D eigenvalue weighted by molar-refractivity contribution is -0.160. The molecule has 2 atom stereocenters. The van der Waals surface area contributed by atoms with Crippen LogP contribution in [0.15, 0.2) is 0 Å². The van der Waals surface area contributed by atoms with Crippen LogP contribution in [0, 0.1) is 0 Å². The molecule has 0 saturated carbocycles. The van der Waals surface area contributed by atoms with E-state index in [1.165, 1.54) is 4.90 Å². The van der Waals surface area contributed by atoms with Crippen molar-refractivity contribution in [1.29, 1.82) is 0 Å². The molecule has 0 aromatic heterocycles. The maximum Gasteiger partial charge on any atom is 0.328 e. The van der Waals surface area contributed by atoms with Crippen molar-refractivity contribution >= 4 is 11.9 Å². The zero-order valence-electron chi connectivity index (χ0n) is 10.3. The monoisotopic (exact) mass is 244 g/mol. The standard InChI is InChI=1S/C11H20N2O4/c1-3-4-11(2,12)10(16)13-5-6-17-7-8(13)9(14)15/h8H,3-7,12H2,1-2H3,(H,14,15). The number of carboxylic acid groups (broad SMARTS) is 1. The van der Waals surface area contributed by atoms with E-state index in [-0.39, 0.29) is 19.1 Å². The smallest absolute Gasteiger partial charge is 0.328 e. The normalized spacial score (nSPS) is 24.2. The topological polar surface area (TPSA) is 92.9 Å². The Morgan fingerprint density at radius 1 is 1.59 bits per heavy atom. The second kappa shape index (κ2) is 5.46. The van der Waals surface area contributed by atoms with Crippen molar-refractivity contribution in [3.05, 3.63) is 0 Å². The number of amides is 1. The van der Waals surface area contributed by atoms with Gasteiger partial charge in [0.25, 0.3) is 0 Å². The number of carbonyl (C=O) groups excluding carboxylic acids is 1. The summed E-state index contributed by atoms with van der Waals surface area (Å²) in [4.78, 5) is 24.6. The summed E-state index contributed by atoms with van der Waals surface area (Å²) in [6.07, 6.45) is 1.32. The Labute approximate surface area is 101 Å². The second-order valence-electron chi connectivity index (χ2n) is 4.59. The summed E-state index contributed by atoms with van der Waals surface area (Å²) in [5, 5.41) is 9.04. The van der Waals surface area contributed by atoms with E-state index in [0.717, 1.165) is 6.42 Å². The molecule has 1 saturated heterocycles. The molecule has 98 valence electrons. The fourth-order valence-electron chi connectivity index (χ4n) is 2.01. The van der Waals surface area contributed by atoms with Crippen LogP contribution in [0.3, 0.4) is 0 Å². The van der Waals surface area contributed by atoms with E-state index >= 15 is 0 Å². The summed E-state index contributed by atoms with van der Waals surface area (Å²) in [5.74, 6) is -1.36. The molecule has 1 aliphatic rings. The molecule has 0 spiro atoms. The molecule has 1 heterocycles. The summed E-state index contributed by atoms with van der Waals surface area (Å²) >= 11 is 0. The lowest BCUT2D eigenvalue weighted by atomic mass is 9.94. The summed E-state index contributed by atoms with van der Waals surface area (Å²) in [5.41, 5.74) is 4.94.